The number of hydrogen-bond donors (Lipinski definition) is 1. The highest BCUT2D eigenvalue weighted by Gasteiger charge is 2.49. The van der Waals surface area contributed by atoms with Gasteiger partial charge in [-0.05, 0) is 111 Å². The summed E-state index contributed by atoms with van der Waals surface area (Å²) in [7, 11) is -2.18. The first kappa shape index (κ1) is 40.8. The number of carbonyl (C=O) groups excluding carboxylic acids is 2. The standard InChI is InChI=1S/C43H58ClN5O6S/c1-5-41(50)49-22-21-47-20-19-46(26-37(47)27-49)29-43(54-4)17-8-9-30(2)31(3)56(52,53)45-42(51)33-13-16-40-39(24-33)48(25-34-12-15-38(34)43)18-7-6-10-32-23-36(44)14-11-35(32)28-55-40/h5,8,11,13-14,16-17,23-24,30-31,34,37-38H,1,6-7,9-10,12,15,18-22,25-29H2,2-4H3,(H,45,51)/b17-8+/t30-,31+,34-,37-,38+,43+/m0/s1. The summed E-state index contributed by atoms with van der Waals surface area (Å²) in [5, 5.41) is -0.109. The van der Waals surface area contributed by atoms with Crippen molar-refractivity contribution < 1.29 is 27.5 Å². The Hall–Kier alpha value is -3.42. The fraction of sp³-hybridized carbons (Fsp3) is 0.581. The van der Waals surface area contributed by atoms with E-state index in [9.17, 15) is 18.0 Å². The van der Waals surface area contributed by atoms with Crippen LogP contribution in [-0.4, -0.2) is 118 Å². The van der Waals surface area contributed by atoms with Gasteiger partial charge in [0.15, 0.2) is 0 Å². The number of nitrogens with zero attached hydrogens (tertiary/aromatic N) is 4. The molecule has 0 unspecified atom stereocenters. The Morgan fingerprint density at radius 1 is 1.04 bits per heavy atom. The molecule has 5 aliphatic rings. The van der Waals surface area contributed by atoms with Crippen LogP contribution in [0.4, 0.5) is 5.69 Å². The van der Waals surface area contributed by atoms with E-state index in [1.165, 1.54) is 11.6 Å². The monoisotopic (exact) mass is 807 g/mol. The maximum Gasteiger partial charge on any atom is 0.264 e. The molecule has 11 nitrogen and oxygen atoms in total. The highest BCUT2D eigenvalue weighted by Crippen LogP contribution is 2.47. The van der Waals surface area contributed by atoms with E-state index in [2.05, 4.69) is 38.2 Å². The summed E-state index contributed by atoms with van der Waals surface area (Å²) in [5.74, 6) is 0.239. The van der Waals surface area contributed by atoms with Crippen molar-refractivity contribution in [2.45, 2.75) is 75.9 Å². The number of fused-ring (bicyclic) bond motifs is 4. The molecule has 7 rings (SSSR count). The first-order chi connectivity index (χ1) is 26.9. The lowest BCUT2D eigenvalue weighted by molar-refractivity contribution is -0.131. The molecule has 2 saturated heterocycles. The fourth-order valence-electron chi connectivity index (χ4n) is 9.47. The number of carbonyl (C=O) groups is 2. The normalized spacial score (nSPS) is 30.9. The van der Waals surface area contributed by atoms with E-state index >= 15 is 0 Å². The zero-order chi connectivity index (χ0) is 39.6. The molecule has 304 valence electrons. The molecule has 4 aliphatic heterocycles. The van der Waals surface area contributed by atoms with Gasteiger partial charge < -0.3 is 19.3 Å². The Balaban J connectivity index is 1.23. The largest absolute Gasteiger partial charge is 0.487 e. The molecule has 2 aromatic rings. The van der Waals surface area contributed by atoms with Crippen LogP contribution in [-0.2, 0) is 32.6 Å². The highest BCUT2D eigenvalue weighted by atomic mass is 35.5. The molecule has 4 heterocycles. The predicted molar refractivity (Wildman–Crippen MR) is 221 cm³/mol. The van der Waals surface area contributed by atoms with Gasteiger partial charge in [0.1, 0.15) is 18.0 Å². The quantitative estimate of drug-likeness (QED) is 0.315. The van der Waals surface area contributed by atoms with Crippen molar-refractivity contribution in [3.63, 3.8) is 0 Å². The van der Waals surface area contributed by atoms with Crippen LogP contribution in [0.5, 0.6) is 5.75 Å². The summed E-state index contributed by atoms with van der Waals surface area (Å²) in [6.45, 7) is 14.8. The smallest absolute Gasteiger partial charge is 0.264 e. The summed E-state index contributed by atoms with van der Waals surface area (Å²) in [6, 6.07) is 11.4. The minimum atomic E-state index is -3.99. The molecule has 0 aromatic heterocycles. The van der Waals surface area contributed by atoms with Crippen LogP contribution in [0.15, 0.2) is 61.2 Å². The van der Waals surface area contributed by atoms with Gasteiger partial charge in [0.2, 0.25) is 15.9 Å². The zero-order valence-corrected chi connectivity index (χ0v) is 34.7. The van der Waals surface area contributed by atoms with Gasteiger partial charge in [0, 0.05) is 82.6 Å². The van der Waals surface area contributed by atoms with Gasteiger partial charge in [-0.25, -0.2) is 13.1 Å². The second kappa shape index (κ2) is 17.2. The van der Waals surface area contributed by atoms with Gasteiger partial charge in [0.05, 0.1) is 10.9 Å². The van der Waals surface area contributed by atoms with Crippen molar-refractivity contribution in [2.24, 2.45) is 17.8 Å². The van der Waals surface area contributed by atoms with Crippen LogP contribution >= 0.6 is 11.6 Å². The molecule has 6 atom stereocenters. The first-order valence-corrected chi connectivity index (χ1v) is 22.3. The number of benzene rings is 2. The lowest BCUT2D eigenvalue weighted by atomic mass is 9.63. The number of aryl methyl sites for hydroxylation is 1. The van der Waals surface area contributed by atoms with E-state index in [1.807, 2.05) is 49.3 Å². The summed E-state index contributed by atoms with van der Waals surface area (Å²) in [6.07, 6.45) is 11.0. The molecule has 1 N–H and O–H groups in total. The minimum Gasteiger partial charge on any atom is -0.487 e. The number of piperazine rings is 2. The molecule has 1 aliphatic carbocycles. The Bertz CT molecular complexity index is 1930. The number of sulfonamides is 1. The van der Waals surface area contributed by atoms with Crippen LogP contribution in [0, 0.1) is 17.8 Å². The number of methoxy groups -OCH3 is 1. The van der Waals surface area contributed by atoms with Crippen LogP contribution in [0.25, 0.3) is 0 Å². The summed E-state index contributed by atoms with van der Waals surface area (Å²) < 4.78 is 43.0. The van der Waals surface area contributed by atoms with E-state index in [1.54, 1.807) is 13.0 Å². The second-order valence-corrected chi connectivity index (χ2v) is 19.1. The minimum absolute atomic E-state index is 0.0166. The van der Waals surface area contributed by atoms with Crippen LogP contribution in [0.3, 0.4) is 0 Å². The van der Waals surface area contributed by atoms with E-state index in [4.69, 9.17) is 21.1 Å². The molecule has 2 aromatic carbocycles. The van der Waals surface area contributed by atoms with Gasteiger partial charge in [-0.2, -0.15) is 0 Å². The first-order valence-electron chi connectivity index (χ1n) is 20.4. The average Bonchev–Trinajstić information content (AvgIpc) is 3.21. The molecule has 1 saturated carbocycles. The Morgan fingerprint density at radius 3 is 2.62 bits per heavy atom. The van der Waals surface area contributed by atoms with Crippen molar-refractivity contribution in [3.05, 3.63) is 82.9 Å². The molecule has 0 spiro atoms. The number of hydrogen-bond acceptors (Lipinski definition) is 9. The van der Waals surface area contributed by atoms with Crippen molar-refractivity contribution in [2.75, 3.05) is 70.9 Å². The molecule has 3 fully saturated rings. The summed E-state index contributed by atoms with van der Waals surface area (Å²) >= 11 is 6.42. The van der Waals surface area contributed by atoms with Crippen LogP contribution in [0.1, 0.15) is 67.4 Å². The molecular weight excluding hydrogens is 750 g/mol. The van der Waals surface area contributed by atoms with E-state index in [-0.39, 0.29) is 29.3 Å². The third-order valence-electron chi connectivity index (χ3n) is 13.3. The third kappa shape index (κ3) is 8.70. The molecule has 2 bridgehead atoms. The van der Waals surface area contributed by atoms with E-state index < -0.39 is 26.8 Å². The van der Waals surface area contributed by atoms with Gasteiger partial charge >= 0.3 is 0 Å². The highest BCUT2D eigenvalue weighted by molar-refractivity contribution is 7.90. The SMILES string of the molecule is C=CC(=O)N1CCN2CCN(C[C@]3(OC)/C=C/C[C@H](C)[C@@H](C)S(=O)(=O)NC(=O)c4ccc5c(c4)N(CCCCc4cc(Cl)ccc4CO5)C[C@@H]4CC[C@H]43)C[C@H]2C1. The second-order valence-electron chi connectivity index (χ2n) is 16.6. The third-order valence-corrected chi connectivity index (χ3v) is 15.4. The molecule has 2 amide bonds. The topological polar surface area (TPSA) is 112 Å². The van der Waals surface area contributed by atoms with E-state index in [0.717, 1.165) is 89.2 Å². The van der Waals surface area contributed by atoms with Crippen molar-refractivity contribution in [1.82, 2.24) is 19.4 Å². The Labute approximate surface area is 338 Å². The summed E-state index contributed by atoms with van der Waals surface area (Å²) in [5.41, 5.74) is 2.70. The van der Waals surface area contributed by atoms with Crippen molar-refractivity contribution >= 4 is 39.1 Å². The van der Waals surface area contributed by atoms with E-state index in [0.29, 0.717) is 42.8 Å². The van der Waals surface area contributed by atoms with Gasteiger partial charge in [-0.1, -0.05) is 43.3 Å². The predicted octanol–water partition coefficient (Wildman–Crippen LogP) is 5.53. The van der Waals surface area contributed by atoms with Gasteiger partial charge in [-0.15, -0.1) is 0 Å². The number of halogens is 1. The van der Waals surface area contributed by atoms with Crippen LogP contribution in [0.2, 0.25) is 5.02 Å². The lowest BCUT2D eigenvalue weighted by Gasteiger charge is -2.53. The number of rotatable bonds is 4. The molecule has 13 heteroatoms. The number of amides is 2. The maximum absolute atomic E-state index is 13.7. The number of ether oxygens (including phenoxy) is 2. The average molecular weight is 808 g/mol. The summed E-state index contributed by atoms with van der Waals surface area (Å²) in [4.78, 5) is 35.5. The molecule has 56 heavy (non-hydrogen) atoms. The Kier molecular flexibility index (Phi) is 12.5. The number of anilines is 1. The van der Waals surface area contributed by atoms with Crippen molar-refractivity contribution in [1.29, 1.82) is 0 Å². The van der Waals surface area contributed by atoms with Crippen LogP contribution < -0.4 is 14.4 Å². The fourth-order valence-corrected chi connectivity index (χ4v) is 11.0. The lowest BCUT2D eigenvalue weighted by Crippen LogP contribution is -2.65. The molecule has 0 radical (unpaired) electrons. The van der Waals surface area contributed by atoms with Gasteiger partial charge in [-0.3, -0.25) is 19.4 Å². The van der Waals surface area contributed by atoms with Crippen molar-refractivity contribution in [3.8, 4) is 5.75 Å². The van der Waals surface area contributed by atoms with Gasteiger partial charge in [0.25, 0.3) is 5.91 Å². The zero-order valence-electron chi connectivity index (χ0n) is 33.1. The molecular formula is C43H58ClN5O6S. The Morgan fingerprint density at radius 2 is 1.86 bits per heavy atom. The maximum atomic E-state index is 13.7. The number of nitrogens with one attached hydrogen (secondary N) is 1. The number of allylic oxidation sites excluding steroid dienone is 1.